The molecular formula is C19H23ClN4O2. The maximum absolute atomic E-state index is 12.6. The first-order chi connectivity index (χ1) is 12.6. The normalized spacial score (nSPS) is 15.2. The Balaban J connectivity index is 1.82. The molecule has 1 aromatic carbocycles. The van der Waals surface area contributed by atoms with Crippen molar-refractivity contribution in [2.75, 3.05) is 31.1 Å². The Morgan fingerprint density at radius 1 is 1.15 bits per heavy atom. The molecule has 1 saturated heterocycles. The van der Waals surface area contributed by atoms with E-state index >= 15 is 0 Å². The van der Waals surface area contributed by atoms with Gasteiger partial charge in [0.1, 0.15) is 5.02 Å². The molecule has 0 radical (unpaired) electrons. The minimum Gasteiger partial charge on any atom is -0.359 e. The topological polar surface area (TPSA) is 58.4 Å². The van der Waals surface area contributed by atoms with Crippen LogP contribution in [0.2, 0.25) is 5.02 Å². The number of carbonyl (C=O) groups is 1. The molecule has 2 heterocycles. The molecule has 7 heteroatoms. The van der Waals surface area contributed by atoms with Gasteiger partial charge in [-0.05, 0) is 18.4 Å². The summed E-state index contributed by atoms with van der Waals surface area (Å²) in [6, 6.07) is 9.63. The van der Waals surface area contributed by atoms with Crippen molar-refractivity contribution >= 4 is 23.2 Å². The zero-order chi connectivity index (χ0) is 18.5. The minimum atomic E-state index is -0.338. The maximum Gasteiger partial charge on any atom is 0.287 e. The molecule has 6 nitrogen and oxygen atoms in total. The van der Waals surface area contributed by atoms with Gasteiger partial charge >= 0.3 is 0 Å². The molecule has 0 aliphatic carbocycles. The van der Waals surface area contributed by atoms with Gasteiger partial charge in [-0.2, -0.15) is 5.10 Å². The van der Waals surface area contributed by atoms with Gasteiger partial charge in [-0.25, -0.2) is 4.68 Å². The van der Waals surface area contributed by atoms with Gasteiger partial charge in [-0.3, -0.25) is 9.59 Å². The lowest BCUT2D eigenvalue weighted by molar-refractivity contribution is -0.129. The van der Waals surface area contributed by atoms with Crippen molar-refractivity contribution < 1.29 is 4.79 Å². The lowest BCUT2D eigenvalue weighted by Gasteiger charge is -2.23. The molecule has 0 N–H and O–H groups in total. The summed E-state index contributed by atoms with van der Waals surface area (Å²) >= 11 is 6.36. The summed E-state index contributed by atoms with van der Waals surface area (Å²) < 4.78 is 1.35. The van der Waals surface area contributed by atoms with Gasteiger partial charge in [0.05, 0.1) is 25.0 Å². The van der Waals surface area contributed by atoms with E-state index in [0.29, 0.717) is 18.8 Å². The number of hydrogen-bond donors (Lipinski definition) is 0. The van der Waals surface area contributed by atoms with Crippen molar-refractivity contribution in [1.82, 2.24) is 14.7 Å². The Bertz CT molecular complexity index is 822. The molecular weight excluding hydrogens is 352 g/mol. The number of aromatic nitrogens is 2. The van der Waals surface area contributed by atoms with Gasteiger partial charge in [0.15, 0.2) is 0 Å². The number of nitrogens with zero attached hydrogens (tertiary/aromatic N) is 4. The Kier molecular flexibility index (Phi) is 5.93. The average Bonchev–Trinajstić information content (AvgIpc) is 2.82. The number of hydrogen-bond acceptors (Lipinski definition) is 4. The average molecular weight is 375 g/mol. The highest BCUT2D eigenvalue weighted by atomic mass is 35.5. The third-order valence-corrected chi connectivity index (χ3v) is 4.87. The molecule has 0 spiro atoms. The summed E-state index contributed by atoms with van der Waals surface area (Å²) in [4.78, 5) is 28.8. The second kappa shape index (κ2) is 8.36. The molecule has 1 aliphatic heterocycles. The van der Waals surface area contributed by atoms with E-state index < -0.39 is 0 Å². The molecule has 0 bridgehead atoms. The Morgan fingerprint density at radius 3 is 2.65 bits per heavy atom. The first-order valence-corrected chi connectivity index (χ1v) is 9.30. The van der Waals surface area contributed by atoms with Crippen LogP contribution in [-0.2, 0) is 11.3 Å². The van der Waals surface area contributed by atoms with Crippen LogP contribution < -0.4 is 10.5 Å². The highest BCUT2D eigenvalue weighted by Crippen LogP contribution is 2.23. The molecule has 1 fully saturated rings. The van der Waals surface area contributed by atoms with Crippen LogP contribution >= 0.6 is 11.6 Å². The molecule has 26 heavy (non-hydrogen) atoms. The van der Waals surface area contributed by atoms with Crippen LogP contribution in [0.4, 0.5) is 5.69 Å². The summed E-state index contributed by atoms with van der Waals surface area (Å²) in [5, 5.41) is 4.39. The molecule has 1 aromatic heterocycles. The number of benzene rings is 1. The van der Waals surface area contributed by atoms with E-state index in [4.69, 9.17) is 11.6 Å². The molecule has 138 valence electrons. The Morgan fingerprint density at radius 2 is 1.92 bits per heavy atom. The largest absolute Gasteiger partial charge is 0.359 e. The van der Waals surface area contributed by atoms with E-state index in [2.05, 4.69) is 12.0 Å². The number of rotatable bonds is 5. The van der Waals surface area contributed by atoms with E-state index in [9.17, 15) is 9.59 Å². The lowest BCUT2D eigenvalue weighted by Crippen LogP contribution is -2.38. The SMILES string of the molecule is CCCN1CCCN(c2cnn(Cc3ccccc3)c(=O)c2Cl)CC1=O. The quantitative estimate of drug-likeness (QED) is 0.806. The smallest absolute Gasteiger partial charge is 0.287 e. The van der Waals surface area contributed by atoms with Crippen LogP contribution in [0, 0.1) is 0 Å². The van der Waals surface area contributed by atoms with Gasteiger partial charge in [0.2, 0.25) is 5.91 Å². The summed E-state index contributed by atoms with van der Waals surface area (Å²) in [5.74, 6) is 0.0638. The van der Waals surface area contributed by atoms with E-state index in [0.717, 1.165) is 31.5 Å². The summed E-state index contributed by atoms with van der Waals surface area (Å²) in [6.45, 7) is 4.82. The molecule has 1 aliphatic rings. The molecule has 3 rings (SSSR count). The van der Waals surface area contributed by atoms with Crippen molar-refractivity contribution in [3.63, 3.8) is 0 Å². The van der Waals surface area contributed by atoms with Crippen molar-refractivity contribution in [2.45, 2.75) is 26.3 Å². The second-order valence-corrected chi connectivity index (χ2v) is 6.83. The van der Waals surface area contributed by atoms with E-state index in [1.807, 2.05) is 40.1 Å². The number of amides is 1. The fourth-order valence-corrected chi connectivity index (χ4v) is 3.44. The third kappa shape index (κ3) is 4.07. The first kappa shape index (κ1) is 18.5. The Hall–Kier alpha value is -2.34. The first-order valence-electron chi connectivity index (χ1n) is 8.92. The Labute approximate surface area is 158 Å². The molecule has 0 atom stereocenters. The predicted octanol–water partition coefficient (Wildman–Crippen LogP) is 2.39. The highest BCUT2D eigenvalue weighted by molar-refractivity contribution is 6.33. The van der Waals surface area contributed by atoms with Crippen LogP contribution in [0.3, 0.4) is 0 Å². The molecule has 0 unspecified atom stereocenters. The van der Waals surface area contributed by atoms with E-state index in [-0.39, 0.29) is 23.0 Å². The minimum absolute atomic E-state index is 0.0638. The van der Waals surface area contributed by atoms with Gasteiger partial charge in [-0.15, -0.1) is 0 Å². The number of carbonyl (C=O) groups excluding carboxylic acids is 1. The summed E-state index contributed by atoms with van der Waals surface area (Å²) in [7, 11) is 0. The lowest BCUT2D eigenvalue weighted by atomic mass is 10.2. The summed E-state index contributed by atoms with van der Waals surface area (Å²) in [5.41, 5.74) is 1.17. The van der Waals surface area contributed by atoms with Crippen LogP contribution in [0.25, 0.3) is 0 Å². The van der Waals surface area contributed by atoms with Crippen molar-refractivity contribution in [3.8, 4) is 0 Å². The summed E-state index contributed by atoms with van der Waals surface area (Å²) in [6.07, 6.45) is 3.37. The molecule has 1 amide bonds. The number of halogens is 1. The van der Waals surface area contributed by atoms with Gasteiger partial charge < -0.3 is 9.80 Å². The predicted molar refractivity (Wildman–Crippen MR) is 103 cm³/mol. The zero-order valence-electron chi connectivity index (χ0n) is 14.9. The van der Waals surface area contributed by atoms with Gasteiger partial charge in [0.25, 0.3) is 5.56 Å². The van der Waals surface area contributed by atoms with Gasteiger partial charge in [0, 0.05) is 19.6 Å². The van der Waals surface area contributed by atoms with Crippen molar-refractivity contribution in [2.24, 2.45) is 0 Å². The van der Waals surface area contributed by atoms with Crippen LogP contribution in [0.15, 0.2) is 41.3 Å². The number of anilines is 1. The van der Waals surface area contributed by atoms with Crippen LogP contribution in [-0.4, -0.2) is 46.8 Å². The van der Waals surface area contributed by atoms with E-state index in [1.165, 1.54) is 4.68 Å². The van der Waals surface area contributed by atoms with Gasteiger partial charge in [-0.1, -0.05) is 48.9 Å². The fraction of sp³-hybridized carbons (Fsp3) is 0.421. The molecule has 0 saturated carbocycles. The monoisotopic (exact) mass is 374 g/mol. The van der Waals surface area contributed by atoms with Crippen LogP contribution in [0.1, 0.15) is 25.3 Å². The van der Waals surface area contributed by atoms with Crippen molar-refractivity contribution in [1.29, 1.82) is 0 Å². The zero-order valence-corrected chi connectivity index (χ0v) is 15.7. The standard InChI is InChI=1S/C19H23ClN4O2/c1-2-9-22-10-6-11-23(14-17(22)25)16-12-21-24(19(26)18(16)20)13-15-7-4-3-5-8-15/h3-5,7-8,12H,2,6,9-11,13-14H2,1H3. The third-order valence-electron chi connectivity index (χ3n) is 4.51. The maximum atomic E-state index is 12.6. The highest BCUT2D eigenvalue weighted by Gasteiger charge is 2.24. The van der Waals surface area contributed by atoms with Crippen molar-refractivity contribution in [3.05, 3.63) is 57.5 Å². The second-order valence-electron chi connectivity index (χ2n) is 6.45. The molecule has 2 aromatic rings. The van der Waals surface area contributed by atoms with Crippen LogP contribution in [0.5, 0.6) is 0 Å². The fourth-order valence-electron chi connectivity index (χ4n) is 3.18. The van der Waals surface area contributed by atoms with E-state index in [1.54, 1.807) is 6.20 Å².